The van der Waals surface area contributed by atoms with Gasteiger partial charge < -0.3 is 14.5 Å². The summed E-state index contributed by atoms with van der Waals surface area (Å²) in [6, 6.07) is 7.57. The average Bonchev–Trinajstić information content (AvgIpc) is 3.18. The molecule has 3 N–H and O–H groups in total. The lowest BCUT2D eigenvalue weighted by molar-refractivity contribution is -0.127. The number of ether oxygens (including phenoxy) is 1. The molecule has 168 valence electrons. The van der Waals surface area contributed by atoms with Gasteiger partial charge in [-0.2, -0.15) is 0 Å². The molecule has 1 unspecified atom stereocenters. The molecule has 1 heterocycles. The number of urea groups is 1. The first-order valence-electron chi connectivity index (χ1n) is 9.33. The fraction of sp³-hybridized carbons (Fsp3) is 0.350. The molecule has 0 saturated carbocycles. The summed E-state index contributed by atoms with van der Waals surface area (Å²) < 4.78 is 37.1. The topological polar surface area (TPSA) is 144 Å². The van der Waals surface area contributed by atoms with Crippen molar-refractivity contribution >= 4 is 27.9 Å². The molecule has 1 aromatic heterocycles. The molecular formula is C20H25N3O7S. The number of carbonyl (C=O) groups excluding carboxylic acids is 3. The monoisotopic (exact) mass is 451 g/mol. The van der Waals surface area contributed by atoms with Gasteiger partial charge >= 0.3 is 12.0 Å². The average molecular weight is 452 g/mol. The van der Waals surface area contributed by atoms with Crippen LogP contribution in [0.5, 0.6) is 0 Å². The lowest BCUT2D eigenvalue weighted by Gasteiger charge is -2.21. The molecule has 0 aliphatic rings. The highest BCUT2D eigenvalue weighted by Gasteiger charge is 2.23. The van der Waals surface area contributed by atoms with E-state index >= 15 is 0 Å². The van der Waals surface area contributed by atoms with E-state index < -0.39 is 39.6 Å². The van der Waals surface area contributed by atoms with Crippen molar-refractivity contribution in [2.45, 2.75) is 50.8 Å². The quantitative estimate of drug-likeness (QED) is 0.546. The van der Waals surface area contributed by atoms with Crippen LogP contribution >= 0.6 is 0 Å². The van der Waals surface area contributed by atoms with Crippen LogP contribution in [0, 0.1) is 0 Å². The zero-order valence-corrected chi connectivity index (χ0v) is 18.4. The molecule has 0 spiro atoms. The van der Waals surface area contributed by atoms with Gasteiger partial charge in [-0.05, 0) is 64.1 Å². The predicted molar refractivity (Wildman–Crippen MR) is 110 cm³/mol. The molecule has 2 aromatic rings. The van der Waals surface area contributed by atoms with E-state index in [0.717, 1.165) is 0 Å². The Hall–Kier alpha value is -3.18. The molecule has 31 heavy (non-hydrogen) atoms. The van der Waals surface area contributed by atoms with Gasteiger partial charge in [-0.25, -0.2) is 22.7 Å². The second-order valence-electron chi connectivity index (χ2n) is 7.67. The third-order valence-corrected chi connectivity index (χ3v) is 5.21. The van der Waals surface area contributed by atoms with Gasteiger partial charge in [0.2, 0.25) is 10.0 Å². The van der Waals surface area contributed by atoms with E-state index in [1.807, 2.05) is 0 Å². The van der Waals surface area contributed by atoms with Gasteiger partial charge in [0.25, 0.3) is 5.91 Å². The van der Waals surface area contributed by atoms with Crippen molar-refractivity contribution in [2.24, 2.45) is 0 Å². The predicted octanol–water partition coefficient (Wildman–Crippen LogP) is 1.93. The van der Waals surface area contributed by atoms with Crippen LogP contribution in [-0.4, -0.2) is 38.0 Å². The molecule has 10 nitrogen and oxygen atoms in total. The zero-order chi connectivity index (χ0) is 23.2. The molecule has 3 amide bonds. The number of hydrogen-bond acceptors (Lipinski definition) is 7. The Kier molecular flexibility index (Phi) is 7.58. The van der Waals surface area contributed by atoms with Crippen LogP contribution in [0.25, 0.3) is 0 Å². The van der Waals surface area contributed by atoms with Crippen molar-refractivity contribution in [1.29, 1.82) is 0 Å². The van der Waals surface area contributed by atoms with Crippen LogP contribution in [0.3, 0.4) is 0 Å². The lowest BCUT2D eigenvalue weighted by Crippen LogP contribution is -2.50. The molecule has 11 heteroatoms. The van der Waals surface area contributed by atoms with Gasteiger partial charge in [-0.15, -0.1) is 0 Å². The van der Waals surface area contributed by atoms with Crippen LogP contribution in [-0.2, 0) is 26.1 Å². The Morgan fingerprint density at radius 2 is 1.74 bits per heavy atom. The van der Waals surface area contributed by atoms with Gasteiger partial charge in [0.15, 0.2) is 6.10 Å². The number of rotatable bonds is 7. The van der Waals surface area contributed by atoms with Crippen molar-refractivity contribution in [1.82, 2.24) is 15.4 Å². The Morgan fingerprint density at radius 1 is 1.10 bits per heavy atom. The molecule has 1 aromatic carbocycles. The minimum atomic E-state index is -3.81. The molecule has 1 atom stereocenters. The maximum Gasteiger partial charge on any atom is 0.338 e. The number of hydrogen-bond donors (Lipinski definition) is 3. The van der Waals surface area contributed by atoms with Gasteiger partial charge in [-0.3, -0.25) is 10.1 Å². The number of nitrogens with one attached hydrogen (secondary N) is 3. The number of carbonyl (C=O) groups is 3. The third kappa shape index (κ3) is 7.54. The van der Waals surface area contributed by atoms with Crippen molar-refractivity contribution < 1.29 is 32.0 Å². The second-order valence-corrected chi connectivity index (χ2v) is 9.44. The van der Waals surface area contributed by atoms with Crippen LogP contribution in [0.4, 0.5) is 4.79 Å². The second kappa shape index (κ2) is 9.75. The Balaban J connectivity index is 1.93. The van der Waals surface area contributed by atoms with Crippen LogP contribution in [0.2, 0.25) is 0 Å². The first-order chi connectivity index (χ1) is 14.4. The standard InChI is InChI=1S/C20H25N3O7S/c1-13(17(24)22-19(26)23-20(2,3)4)30-18(25)14-7-9-16(10-8-14)31(27,28)21-12-15-6-5-11-29-15/h5-11,13,21H,12H2,1-4H3,(H2,22,23,24,26). The third-order valence-electron chi connectivity index (χ3n) is 3.80. The zero-order valence-electron chi connectivity index (χ0n) is 17.6. The maximum atomic E-state index is 12.3. The van der Waals surface area contributed by atoms with E-state index in [-0.39, 0.29) is 17.0 Å². The Labute approximate surface area is 180 Å². The van der Waals surface area contributed by atoms with E-state index in [0.29, 0.717) is 5.76 Å². The van der Waals surface area contributed by atoms with Gasteiger partial charge in [-0.1, -0.05) is 0 Å². The van der Waals surface area contributed by atoms with Crippen LogP contribution in [0.15, 0.2) is 52.0 Å². The number of sulfonamides is 1. The molecule has 2 rings (SSSR count). The SMILES string of the molecule is CC(OC(=O)c1ccc(S(=O)(=O)NCc2ccco2)cc1)C(=O)NC(=O)NC(C)(C)C. The Bertz CT molecular complexity index is 1020. The molecule has 0 radical (unpaired) electrons. The summed E-state index contributed by atoms with van der Waals surface area (Å²) in [5.74, 6) is -1.19. The van der Waals surface area contributed by atoms with Gasteiger partial charge in [0.05, 0.1) is 23.3 Å². The highest BCUT2D eigenvalue weighted by molar-refractivity contribution is 7.89. The number of furan rings is 1. The van der Waals surface area contributed by atoms with E-state index in [1.54, 1.807) is 32.9 Å². The number of esters is 1. The van der Waals surface area contributed by atoms with E-state index in [9.17, 15) is 22.8 Å². The highest BCUT2D eigenvalue weighted by Crippen LogP contribution is 2.13. The summed E-state index contributed by atoms with van der Waals surface area (Å²) >= 11 is 0. The number of amides is 3. The summed E-state index contributed by atoms with van der Waals surface area (Å²) in [6.45, 7) is 6.54. The van der Waals surface area contributed by atoms with Crippen molar-refractivity contribution in [2.75, 3.05) is 0 Å². The Morgan fingerprint density at radius 3 is 2.29 bits per heavy atom. The summed E-state index contributed by atoms with van der Waals surface area (Å²) in [5, 5.41) is 4.64. The summed E-state index contributed by atoms with van der Waals surface area (Å²) in [5.41, 5.74) is -0.497. The minimum Gasteiger partial charge on any atom is -0.468 e. The normalized spacial score (nSPS) is 12.6. The van der Waals surface area contributed by atoms with E-state index in [4.69, 9.17) is 9.15 Å². The first-order valence-corrected chi connectivity index (χ1v) is 10.8. The number of imide groups is 1. The molecular weight excluding hydrogens is 426 g/mol. The smallest absolute Gasteiger partial charge is 0.338 e. The summed E-state index contributed by atoms with van der Waals surface area (Å²) in [7, 11) is -3.81. The largest absolute Gasteiger partial charge is 0.468 e. The summed E-state index contributed by atoms with van der Waals surface area (Å²) in [4.78, 5) is 35.9. The van der Waals surface area contributed by atoms with Crippen LogP contribution < -0.4 is 15.4 Å². The fourth-order valence-corrected chi connectivity index (χ4v) is 3.29. The van der Waals surface area contributed by atoms with E-state index in [2.05, 4.69) is 15.4 Å². The van der Waals surface area contributed by atoms with Gasteiger partial charge in [0.1, 0.15) is 5.76 Å². The van der Waals surface area contributed by atoms with Crippen molar-refractivity contribution in [3.8, 4) is 0 Å². The van der Waals surface area contributed by atoms with Crippen molar-refractivity contribution in [3.05, 3.63) is 54.0 Å². The summed E-state index contributed by atoms with van der Waals surface area (Å²) in [6.07, 6.45) is 0.194. The highest BCUT2D eigenvalue weighted by atomic mass is 32.2. The maximum absolute atomic E-state index is 12.3. The molecule has 0 fully saturated rings. The molecule has 0 saturated heterocycles. The first kappa shape index (κ1) is 24.1. The molecule has 0 bridgehead atoms. The minimum absolute atomic E-state index is 0.0193. The lowest BCUT2D eigenvalue weighted by atomic mass is 10.1. The van der Waals surface area contributed by atoms with E-state index in [1.165, 1.54) is 37.5 Å². The fourth-order valence-electron chi connectivity index (χ4n) is 2.30. The van der Waals surface area contributed by atoms with Crippen LogP contribution in [0.1, 0.15) is 43.8 Å². The molecule has 0 aliphatic heterocycles. The van der Waals surface area contributed by atoms with Crippen molar-refractivity contribution in [3.63, 3.8) is 0 Å². The number of benzene rings is 1. The molecule has 0 aliphatic carbocycles. The van der Waals surface area contributed by atoms with Gasteiger partial charge in [0, 0.05) is 5.54 Å².